The summed E-state index contributed by atoms with van der Waals surface area (Å²) in [6.45, 7) is 3.98. The highest BCUT2D eigenvalue weighted by molar-refractivity contribution is 9.10. The molecule has 1 atom stereocenters. The second-order valence-electron chi connectivity index (χ2n) is 4.14. The fourth-order valence-corrected chi connectivity index (χ4v) is 2.35. The number of benzene rings is 1. The standard InChI is InChI=1S/C14H14BrNO/c1-9-5-6-16-8-13(9)14(17)12-4-3-11(15)7-10(12)2/h3-8,14,17H,1-2H3. The smallest absolute Gasteiger partial charge is 0.106 e. The molecule has 1 N–H and O–H groups in total. The number of nitrogens with zero attached hydrogens (tertiary/aromatic N) is 1. The van der Waals surface area contributed by atoms with Crippen molar-refractivity contribution in [3.63, 3.8) is 0 Å². The van der Waals surface area contributed by atoms with Gasteiger partial charge in [0.05, 0.1) is 0 Å². The van der Waals surface area contributed by atoms with E-state index in [1.807, 2.05) is 38.1 Å². The fraction of sp³-hybridized carbons (Fsp3) is 0.214. The van der Waals surface area contributed by atoms with Crippen molar-refractivity contribution >= 4 is 15.9 Å². The van der Waals surface area contributed by atoms with Gasteiger partial charge in [-0.05, 0) is 48.7 Å². The molecule has 0 aliphatic rings. The first-order valence-electron chi connectivity index (χ1n) is 5.44. The van der Waals surface area contributed by atoms with Crippen LogP contribution in [0.25, 0.3) is 0 Å². The minimum atomic E-state index is -0.614. The van der Waals surface area contributed by atoms with E-state index in [2.05, 4.69) is 20.9 Å². The van der Waals surface area contributed by atoms with Gasteiger partial charge in [0.2, 0.25) is 0 Å². The summed E-state index contributed by atoms with van der Waals surface area (Å²) in [6.07, 6.45) is 2.85. The zero-order chi connectivity index (χ0) is 12.4. The second-order valence-corrected chi connectivity index (χ2v) is 5.05. The number of aliphatic hydroxyl groups is 1. The molecule has 0 fully saturated rings. The van der Waals surface area contributed by atoms with Gasteiger partial charge in [0.1, 0.15) is 6.10 Å². The molecule has 2 nitrogen and oxygen atoms in total. The van der Waals surface area contributed by atoms with E-state index in [1.54, 1.807) is 12.4 Å². The van der Waals surface area contributed by atoms with Gasteiger partial charge in [-0.25, -0.2) is 0 Å². The summed E-state index contributed by atoms with van der Waals surface area (Å²) in [7, 11) is 0. The summed E-state index contributed by atoms with van der Waals surface area (Å²) in [5.74, 6) is 0. The number of aryl methyl sites for hydroxylation is 2. The quantitative estimate of drug-likeness (QED) is 0.918. The van der Waals surface area contributed by atoms with Crippen molar-refractivity contribution in [3.8, 4) is 0 Å². The van der Waals surface area contributed by atoms with Gasteiger partial charge in [-0.1, -0.05) is 22.0 Å². The summed E-state index contributed by atoms with van der Waals surface area (Å²) in [4.78, 5) is 4.07. The summed E-state index contributed by atoms with van der Waals surface area (Å²) >= 11 is 3.42. The molecule has 3 heteroatoms. The van der Waals surface area contributed by atoms with E-state index < -0.39 is 6.10 Å². The molecular weight excluding hydrogens is 278 g/mol. The Kier molecular flexibility index (Phi) is 3.60. The lowest BCUT2D eigenvalue weighted by Gasteiger charge is -2.16. The van der Waals surface area contributed by atoms with Crippen LogP contribution in [-0.4, -0.2) is 10.1 Å². The Morgan fingerprint density at radius 3 is 2.53 bits per heavy atom. The first-order valence-corrected chi connectivity index (χ1v) is 6.23. The van der Waals surface area contributed by atoms with Gasteiger partial charge < -0.3 is 5.11 Å². The third-order valence-corrected chi connectivity index (χ3v) is 3.39. The number of aliphatic hydroxyl groups excluding tert-OH is 1. The van der Waals surface area contributed by atoms with Crippen molar-refractivity contribution in [2.24, 2.45) is 0 Å². The summed E-state index contributed by atoms with van der Waals surface area (Å²) in [5.41, 5.74) is 3.90. The molecular formula is C14H14BrNO. The first kappa shape index (κ1) is 12.3. The van der Waals surface area contributed by atoms with Crippen LogP contribution >= 0.6 is 15.9 Å². The van der Waals surface area contributed by atoms with E-state index in [0.717, 1.165) is 26.7 Å². The molecule has 1 heterocycles. The van der Waals surface area contributed by atoms with Gasteiger partial charge in [-0.3, -0.25) is 4.98 Å². The molecule has 2 aromatic rings. The van der Waals surface area contributed by atoms with E-state index >= 15 is 0 Å². The van der Waals surface area contributed by atoms with Gasteiger partial charge in [0.25, 0.3) is 0 Å². The SMILES string of the molecule is Cc1cc(Br)ccc1C(O)c1cnccc1C. The number of rotatable bonds is 2. The summed E-state index contributed by atoms with van der Waals surface area (Å²) in [5, 5.41) is 10.4. The molecule has 0 spiro atoms. The Morgan fingerprint density at radius 1 is 1.12 bits per heavy atom. The zero-order valence-corrected chi connectivity index (χ0v) is 11.4. The van der Waals surface area contributed by atoms with Crippen LogP contribution in [0.4, 0.5) is 0 Å². The Hall–Kier alpha value is -1.19. The molecule has 17 heavy (non-hydrogen) atoms. The molecule has 0 radical (unpaired) electrons. The topological polar surface area (TPSA) is 33.1 Å². The molecule has 1 aromatic heterocycles. The van der Waals surface area contributed by atoms with Gasteiger partial charge in [0.15, 0.2) is 0 Å². The highest BCUT2D eigenvalue weighted by Gasteiger charge is 2.15. The minimum absolute atomic E-state index is 0.614. The largest absolute Gasteiger partial charge is 0.384 e. The maximum Gasteiger partial charge on any atom is 0.106 e. The lowest BCUT2D eigenvalue weighted by atomic mass is 9.96. The summed E-state index contributed by atoms with van der Waals surface area (Å²) < 4.78 is 1.02. The lowest BCUT2D eigenvalue weighted by molar-refractivity contribution is 0.218. The number of aromatic nitrogens is 1. The van der Waals surface area contributed by atoms with Crippen LogP contribution < -0.4 is 0 Å². The number of pyridine rings is 1. The van der Waals surface area contributed by atoms with Gasteiger partial charge in [-0.2, -0.15) is 0 Å². The van der Waals surface area contributed by atoms with Crippen LogP contribution in [0.2, 0.25) is 0 Å². The maximum absolute atomic E-state index is 10.4. The highest BCUT2D eigenvalue weighted by Crippen LogP contribution is 2.28. The fourth-order valence-electron chi connectivity index (χ4n) is 1.88. The van der Waals surface area contributed by atoms with E-state index in [-0.39, 0.29) is 0 Å². The van der Waals surface area contributed by atoms with Gasteiger partial charge >= 0.3 is 0 Å². The monoisotopic (exact) mass is 291 g/mol. The van der Waals surface area contributed by atoms with E-state index in [0.29, 0.717) is 0 Å². The third-order valence-electron chi connectivity index (χ3n) is 2.90. The number of halogens is 1. The lowest BCUT2D eigenvalue weighted by Crippen LogP contribution is -2.04. The molecule has 1 aromatic carbocycles. The zero-order valence-electron chi connectivity index (χ0n) is 9.81. The average molecular weight is 292 g/mol. The van der Waals surface area contributed by atoms with Crippen molar-refractivity contribution in [1.29, 1.82) is 0 Å². The first-order chi connectivity index (χ1) is 8.09. The molecule has 0 amide bonds. The van der Waals surface area contributed by atoms with Gasteiger partial charge in [-0.15, -0.1) is 0 Å². The Labute approximate surface area is 109 Å². The minimum Gasteiger partial charge on any atom is -0.384 e. The molecule has 2 rings (SSSR count). The van der Waals surface area contributed by atoms with Crippen molar-refractivity contribution in [2.75, 3.05) is 0 Å². The van der Waals surface area contributed by atoms with Crippen LogP contribution in [0.15, 0.2) is 41.1 Å². The molecule has 88 valence electrons. The van der Waals surface area contributed by atoms with Crippen LogP contribution in [0.5, 0.6) is 0 Å². The molecule has 0 bridgehead atoms. The van der Waals surface area contributed by atoms with Crippen molar-refractivity contribution in [1.82, 2.24) is 4.98 Å². The molecule has 0 saturated heterocycles. The number of hydrogen-bond donors (Lipinski definition) is 1. The van der Waals surface area contributed by atoms with Crippen LogP contribution in [0.1, 0.15) is 28.4 Å². The Morgan fingerprint density at radius 2 is 1.88 bits per heavy atom. The van der Waals surface area contributed by atoms with E-state index in [4.69, 9.17) is 0 Å². The molecule has 0 saturated carbocycles. The van der Waals surface area contributed by atoms with Gasteiger partial charge in [0, 0.05) is 22.4 Å². The van der Waals surface area contributed by atoms with Crippen LogP contribution in [-0.2, 0) is 0 Å². The van der Waals surface area contributed by atoms with Crippen molar-refractivity contribution < 1.29 is 5.11 Å². The third kappa shape index (κ3) is 2.56. The molecule has 0 aliphatic carbocycles. The average Bonchev–Trinajstić information content (AvgIpc) is 2.29. The van der Waals surface area contributed by atoms with Crippen molar-refractivity contribution in [3.05, 3.63) is 63.4 Å². The molecule has 1 unspecified atom stereocenters. The van der Waals surface area contributed by atoms with Crippen LogP contribution in [0.3, 0.4) is 0 Å². The number of hydrogen-bond acceptors (Lipinski definition) is 2. The second kappa shape index (κ2) is 4.98. The van der Waals surface area contributed by atoms with E-state index in [9.17, 15) is 5.11 Å². The maximum atomic E-state index is 10.4. The normalized spacial score (nSPS) is 12.5. The predicted octanol–water partition coefficient (Wildman–Crippen LogP) is 3.54. The molecule has 0 aliphatic heterocycles. The Bertz CT molecular complexity index is 539. The van der Waals surface area contributed by atoms with Crippen LogP contribution in [0, 0.1) is 13.8 Å². The van der Waals surface area contributed by atoms with Crippen molar-refractivity contribution in [2.45, 2.75) is 20.0 Å². The highest BCUT2D eigenvalue weighted by atomic mass is 79.9. The predicted molar refractivity (Wildman–Crippen MR) is 71.9 cm³/mol. The summed E-state index contributed by atoms with van der Waals surface area (Å²) in [6, 6.07) is 7.80. The Balaban J connectivity index is 2.44. The van der Waals surface area contributed by atoms with E-state index in [1.165, 1.54) is 0 Å².